The molecule has 142 valence electrons. The second-order valence-corrected chi connectivity index (χ2v) is 7.79. The number of hydrogen-bond donors (Lipinski definition) is 2. The van der Waals surface area contributed by atoms with Crippen LogP contribution in [0.5, 0.6) is 5.75 Å². The molecule has 2 N–H and O–H groups in total. The highest BCUT2D eigenvalue weighted by molar-refractivity contribution is 7.16. The van der Waals surface area contributed by atoms with E-state index in [1.807, 2.05) is 30.3 Å². The number of hydrogen-bond acceptors (Lipinski definition) is 5. The first-order valence-corrected chi connectivity index (χ1v) is 10.3. The summed E-state index contributed by atoms with van der Waals surface area (Å²) in [6.45, 7) is 5.33. The molecule has 1 heterocycles. The number of phenolic OH excluding ortho intramolecular Hbond substituents is 1. The molecule has 0 saturated heterocycles. The van der Waals surface area contributed by atoms with E-state index in [0.29, 0.717) is 11.6 Å². The SMILES string of the molecule is CCCCC(CC)Cn1/c(=N\c2ccccc2)sc2cc(N=N)c(O)cc21. The van der Waals surface area contributed by atoms with Gasteiger partial charge >= 0.3 is 0 Å². The van der Waals surface area contributed by atoms with Crippen LogP contribution in [0.1, 0.15) is 39.5 Å². The molecule has 1 unspecified atom stereocenters. The predicted molar refractivity (Wildman–Crippen MR) is 111 cm³/mol. The van der Waals surface area contributed by atoms with Crippen LogP contribution in [0.25, 0.3) is 10.2 Å². The number of aromatic hydroxyl groups is 1. The predicted octanol–water partition coefficient (Wildman–Crippen LogP) is 6.52. The maximum atomic E-state index is 10.2. The molecule has 2 aromatic carbocycles. The summed E-state index contributed by atoms with van der Waals surface area (Å²) in [7, 11) is 0. The highest BCUT2D eigenvalue weighted by Crippen LogP contribution is 2.33. The number of benzene rings is 2. The highest BCUT2D eigenvalue weighted by atomic mass is 32.1. The van der Waals surface area contributed by atoms with Crippen molar-refractivity contribution < 1.29 is 5.11 Å². The van der Waals surface area contributed by atoms with Crippen LogP contribution in [-0.4, -0.2) is 9.67 Å². The van der Waals surface area contributed by atoms with E-state index in [1.54, 1.807) is 23.5 Å². The number of phenols is 1. The molecule has 6 heteroatoms. The average molecular weight is 383 g/mol. The van der Waals surface area contributed by atoms with Gasteiger partial charge in [-0.25, -0.2) is 10.5 Å². The smallest absolute Gasteiger partial charge is 0.190 e. The summed E-state index contributed by atoms with van der Waals surface area (Å²) >= 11 is 1.58. The molecule has 0 aliphatic rings. The lowest BCUT2D eigenvalue weighted by Gasteiger charge is -2.16. The second kappa shape index (κ2) is 8.95. The fourth-order valence-electron chi connectivity index (χ4n) is 3.23. The molecule has 3 aromatic rings. The van der Waals surface area contributed by atoms with Crippen LogP contribution in [0, 0.1) is 11.4 Å². The maximum Gasteiger partial charge on any atom is 0.190 e. The van der Waals surface area contributed by atoms with Crippen molar-refractivity contribution in [3.05, 3.63) is 47.3 Å². The van der Waals surface area contributed by atoms with Crippen LogP contribution in [-0.2, 0) is 6.54 Å². The Hall–Kier alpha value is -2.47. The standard InChI is InChI=1S/C21H26N4OS/c1-3-5-9-15(4-2)14-25-18-13-19(26)17(24-22)12-20(18)27-21(25)23-16-10-7-6-8-11-16/h6-8,10-13,15,22,26H,3-5,9,14H2,1-2H3/b23-21+,24-22?. The van der Waals surface area contributed by atoms with E-state index in [9.17, 15) is 5.11 Å². The average Bonchev–Trinajstić information content (AvgIpc) is 3.01. The van der Waals surface area contributed by atoms with Gasteiger partial charge in [0.1, 0.15) is 11.4 Å². The number of nitrogens with one attached hydrogen (secondary N) is 1. The lowest BCUT2D eigenvalue weighted by Crippen LogP contribution is -2.20. The number of aromatic nitrogens is 1. The Morgan fingerprint density at radius 2 is 1.96 bits per heavy atom. The third-order valence-electron chi connectivity index (χ3n) is 4.86. The van der Waals surface area contributed by atoms with E-state index in [4.69, 9.17) is 10.5 Å². The van der Waals surface area contributed by atoms with Gasteiger partial charge in [-0.1, -0.05) is 62.6 Å². The zero-order valence-electron chi connectivity index (χ0n) is 15.9. The van der Waals surface area contributed by atoms with Gasteiger partial charge in [0.2, 0.25) is 0 Å². The van der Waals surface area contributed by atoms with Crippen LogP contribution in [0.3, 0.4) is 0 Å². The van der Waals surface area contributed by atoms with Crippen molar-refractivity contribution in [3.8, 4) is 5.75 Å². The van der Waals surface area contributed by atoms with Crippen LogP contribution in [0.4, 0.5) is 11.4 Å². The van der Waals surface area contributed by atoms with E-state index in [2.05, 4.69) is 23.5 Å². The molecule has 1 atom stereocenters. The molecule has 0 spiro atoms. The Morgan fingerprint density at radius 1 is 1.19 bits per heavy atom. The Labute approximate surface area is 163 Å². The zero-order valence-corrected chi connectivity index (χ0v) is 16.7. The van der Waals surface area contributed by atoms with Gasteiger partial charge in [0.15, 0.2) is 4.80 Å². The Morgan fingerprint density at radius 3 is 2.63 bits per heavy atom. The van der Waals surface area contributed by atoms with Crippen LogP contribution < -0.4 is 4.80 Å². The van der Waals surface area contributed by atoms with E-state index in [-0.39, 0.29) is 5.75 Å². The summed E-state index contributed by atoms with van der Waals surface area (Å²) < 4.78 is 3.20. The lowest BCUT2D eigenvalue weighted by molar-refractivity contribution is 0.392. The fraction of sp³-hybridized carbons (Fsp3) is 0.381. The summed E-state index contributed by atoms with van der Waals surface area (Å²) in [4.78, 5) is 5.76. The van der Waals surface area contributed by atoms with Crippen molar-refractivity contribution in [3.63, 3.8) is 0 Å². The van der Waals surface area contributed by atoms with E-state index in [1.165, 1.54) is 19.3 Å². The van der Waals surface area contributed by atoms with Crippen LogP contribution >= 0.6 is 11.3 Å². The minimum Gasteiger partial charge on any atom is -0.506 e. The van der Waals surface area contributed by atoms with Crippen LogP contribution in [0.15, 0.2) is 52.6 Å². The minimum absolute atomic E-state index is 0.0388. The van der Waals surface area contributed by atoms with E-state index < -0.39 is 0 Å². The monoisotopic (exact) mass is 382 g/mol. The number of thiazole rings is 1. The van der Waals surface area contributed by atoms with E-state index >= 15 is 0 Å². The molecule has 0 amide bonds. The van der Waals surface area contributed by atoms with Gasteiger partial charge in [-0.05, 0) is 30.5 Å². The molecule has 0 saturated carbocycles. The first-order chi connectivity index (χ1) is 13.2. The highest BCUT2D eigenvalue weighted by Gasteiger charge is 2.14. The summed E-state index contributed by atoms with van der Waals surface area (Å²) in [5.74, 6) is 0.608. The number of nitrogens with zero attached hydrogens (tertiary/aromatic N) is 3. The Kier molecular flexibility index (Phi) is 6.40. The lowest BCUT2D eigenvalue weighted by atomic mass is 9.99. The molecule has 0 fully saturated rings. The molecule has 0 aliphatic heterocycles. The molecule has 1 aromatic heterocycles. The minimum atomic E-state index is 0.0388. The summed E-state index contributed by atoms with van der Waals surface area (Å²) in [6, 6.07) is 13.4. The number of unbranched alkanes of at least 4 members (excludes halogenated alkanes) is 1. The molecule has 0 bridgehead atoms. The summed E-state index contributed by atoms with van der Waals surface area (Å²) in [5.41, 5.74) is 9.41. The summed E-state index contributed by atoms with van der Waals surface area (Å²) in [6.07, 6.45) is 4.72. The Bertz CT molecular complexity index is 975. The van der Waals surface area contributed by atoms with Gasteiger partial charge < -0.3 is 9.67 Å². The van der Waals surface area contributed by atoms with Crippen molar-refractivity contribution >= 4 is 32.9 Å². The molecule has 5 nitrogen and oxygen atoms in total. The number of rotatable bonds is 8. The zero-order chi connectivity index (χ0) is 19.2. The third-order valence-corrected chi connectivity index (χ3v) is 5.91. The molecule has 3 rings (SSSR count). The normalized spacial score (nSPS) is 13.2. The topological polar surface area (TPSA) is 73.7 Å². The molecule has 0 radical (unpaired) electrons. The molecule has 0 aliphatic carbocycles. The third kappa shape index (κ3) is 4.45. The van der Waals surface area contributed by atoms with Gasteiger partial charge in [-0.3, -0.25) is 0 Å². The molecule has 27 heavy (non-hydrogen) atoms. The molecular formula is C21H26N4OS. The fourth-order valence-corrected chi connectivity index (χ4v) is 4.31. The largest absolute Gasteiger partial charge is 0.506 e. The number of para-hydroxylation sites is 1. The van der Waals surface area contributed by atoms with Gasteiger partial charge in [0.25, 0.3) is 0 Å². The van der Waals surface area contributed by atoms with E-state index in [0.717, 1.165) is 33.7 Å². The Balaban J connectivity index is 2.14. The number of fused-ring (bicyclic) bond motifs is 1. The van der Waals surface area contributed by atoms with Crippen molar-refractivity contribution in [2.24, 2.45) is 16.0 Å². The van der Waals surface area contributed by atoms with Crippen molar-refractivity contribution in [2.45, 2.75) is 46.1 Å². The first-order valence-electron chi connectivity index (χ1n) is 9.49. The quantitative estimate of drug-likeness (QED) is 0.428. The van der Waals surface area contributed by atoms with Gasteiger partial charge in [0, 0.05) is 12.6 Å². The van der Waals surface area contributed by atoms with Crippen molar-refractivity contribution in [1.82, 2.24) is 4.57 Å². The van der Waals surface area contributed by atoms with Crippen molar-refractivity contribution in [1.29, 1.82) is 5.53 Å². The second-order valence-electron chi connectivity index (χ2n) is 6.78. The van der Waals surface area contributed by atoms with Crippen LogP contribution in [0.2, 0.25) is 0 Å². The first kappa shape index (κ1) is 19.3. The van der Waals surface area contributed by atoms with Crippen molar-refractivity contribution in [2.75, 3.05) is 0 Å². The summed E-state index contributed by atoms with van der Waals surface area (Å²) in [5, 5.41) is 13.6. The molecular weight excluding hydrogens is 356 g/mol. The van der Waals surface area contributed by atoms with Gasteiger partial charge in [-0.2, -0.15) is 5.11 Å². The van der Waals surface area contributed by atoms with Gasteiger partial charge in [-0.15, -0.1) is 0 Å². The maximum absolute atomic E-state index is 10.2. The van der Waals surface area contributed by atoms with Gasteiger partial charge in [0.05, 0.1) is 15.9 Å².